The number of halogens is 1. The molecule has 188 valence electrons. The molecule has 0 bridgehead atoms. The minimum Gasteiger partial charge on any atom is -0.377 e. The van der Waals surface area contributed by atoms with Crippen molar-refractivity contribution in [3.8, 4) is 0 Å². The molecule has 10 heteroatoms. The third-order valence-corrected chi connectivity index (χ3v) is 5.95. The third kappa shape index (κ3) is 8.27. The molecule has 0 spiro atoms. The molecule has 0 aliphatic carbocycles. The Morgan fingerprint density at radius 1 is 1.06 bits per heavy atom. The van der Waals surface area contributed by atoms with E-state index in [1.165, 1.54) is 37.5 Å². The molecular weight excluding hydrogens is 469 g/mol. The average molecular weight is 502 g/mol. The molecule has 2 amide bonds. The average Bonchev–Trinajstić information content (AvgIpc) is 2.88. The Hall–Kier alpha value is -3.08. The van der Waals surface area contributed by atoms with Crippen LogP contribution in [0.2, 0.25) is 0 Å². The monoisotopic (exact) mass is 501 g/mol. The molecule has 2 aromatic carbocycles. The quantitative estimate of drug-likeness (QED) is 0.237. The van der Waals surface area contributed by atoms with Crippen molar-refractivity contribution in [3.63, 3.8) is 0 Å². The Morgan fingerprint density at radius 3 is 2.57 bits per heavy atom. The topological polar surface area (TPSA) is 94.7 Å². The van der Waals surface area contributed by atoms with Crippen LogP contribution in [0.5, 0.6) is 0 Å². The number of aryl methyl sites for hydroxylation is 1. The summed E-state index contributed by atoms with van der Waals surface area (Å²) in [5.41, 5.74) is 9.42. The maximum Gasteiger partial charge on any atom is 0.296 e. The van der Waals surface area contributed by atoms with Gasteiger partial charge in [-0.3, -0.25) is 20.4 Å². The summed E-state index contributed by atoms with van der Waals surface area (Å²) in [5.74, 6) is -1.56. The second-order valence-corrected chi connectivity index (χ2v) is 8.65. The lowest BCUT2D eigenvalue weighted by atomic mass is 10.1. The molecule has 0 radical (unpaired) electrons. The molecule has 1 heterocycles. The first-order valence-corrected chi connectivity index (χ1v) is 12.3. The van der Waals surface area contributed by atoms with Crippen LogP contribution in [0.3, 0.4) is 0 Å². The van der Waals surface area contributed by atoms with E-state index < -0.39 is 17.6 Å². The van der Waals surface area contributed by atoms with E-state index in [-0.39, 0.29) is 10.7 Å². The summed E-state index contributed by atoms with van der Waals surface area (Å²) < 4.78 is 13.9. The Bertz CT molecular complexity index is 1030. The van der Waals surface area contributed by atoms with E-state index in [1.54, 1.807) is 24.3 Å². The van der Waals surface area contributed by atoms with Gasteiger partial charge in [-0.05, 0) is 93.4 Å². The van der Waals surface area contributed by atoms with Gasteiger partial charge in [0.05, 0.1) is 5.56 Å². The summed E-state index contributed by atoms with van der Waals surface area (Å²) in [6.07, 6.45) is 5.35. The van der Waals surface area contributed by atoms with Crippen molar-refractivity contribution in [2.75, 3.05) is 31.5 Å². The highest BCUT2D eigenvalue weighted by atomic mass is 32.1. The Morgan fingerprint density at radius 2 is 1.83 bits per heavy atom. The molecule has 35 heavy (non-hydrogen) atoms. The lowest BCUT2D eigenvalue weighted by Crippen LogP contribution is -2.43. The van der Waals surface area contributed by atoms with Crippen molar-refractivity contribution in [1.82, 2.24) is 21.2 Å². The van der Waals surface area contributed by atoms with E-state index in [4.69, 9.17) is 17.1 Å². The number of rotatable bonds is 9. The van der Waals surface area contributed by atoms with Crippen molar-refractivity contribution in [1.29, 1.82) is 0 Å². The number of thiocarbonyl (C=S) groups is 1. The molecule has 3 rings (SSSR count). The minimum absolute atomic E-state index is 0.000749. The number of nitrogens with zero attached hydrogens (tertiary/aromatic N) is 1. The summed E-state index contributed by atoms with van der Waals surface area (Å²) in [6, 6.07) is 10.6. The first-order valence-electron chi connectivity index (χ1n) is 11.9. The lowest BCUT2D eigenvalue weighted by Gasteiger charge is -2.26. The molecule has 0 aromatic heterocycles. The molecule has 1 fully saturated rings. The molecule has 1 saturated heterocycles. The fourth-order valence-electron chi connectivity index (χ4n) is 3.86. The SMILES string of the molecule is CCc1cc(C(=O)NNC(=S)ONCCCN2CCCCC2)ccc1NC(=O)c1ccccc1F. The number of benzene rings is 2. The van der Waals surface area contributed by atoms with E-state index in [0.29, 0.717) is 24.2 Å². The van der Waals surface area contributed by atoms with Crippen LogP contribution < -0.4 is 21.6 Å². The van der Waals surface area contributed by atoms with Gasteiger partial charge >= 0.3 is 0 Å². The zero-order chi connectivity index (χ0) is 25.0. The Balaban J connectivity index is 1.42. The molecule has 2 aromatic rings. The number of hydroxylamine groups is 1. The van der Waals surface area contributed by atoms with Gasteiger partial charge in [0, 0.05) is 17.8 Å². The Labute approximate surface area is 210 Å². The van der Waals surface area contributed by atoms with Gasteiger partial charge in [-0.1, -0.05) is 25.5 Å². The summed E-state index contributed by atoms with van der Waals surface area (Å²) in [4.78, 5) is 32.6. The van der Waals surface area contributed by atoms with Crippen LogP contribution >= 0.6 is 12.2 Å². The van der Waals surface area contributed by atoms with Gasteiger partial charge in [0.2, 0.25) is 0 Å². The van der Waals surface area contributed by atoms with Crippen molar-refractivity contribution in [2.45, 2.75) is 39.0 Å². The number of likely N-dealkylation sites (tertiary alicyclic amines) is 1. The number of nitrogens with one attached hydrogen (secondary N) is 4. The Kier molecular flexibility index (Phi) is 10.4. The second-order valence-electron chi connectivity index (χ2n) is 8.28. The molecule has 8 nitrogen and oxygen atoms in total. The molecule has 1 aliphatic heterocycles. The van der Waals surface area contributed by atoms with Gasteiger partial charge in [0.1, 0.15) is 5.82 Å². The maximum atomic E-state index is 13.9. The van der Waals surface area contributed by atoms with Crippen molar-refractivity contribution < 1.29 is 18.8 Å². The van der Waals surface area contributed by atoms with E-state index in [9.17, 15) is 14.0 Å². The van der Waals surface area contributed by atoms with Crippen LogP contribution in [0.25, 0.3) is 0 Å². The fourth-order valence-corrected chi connectivity index (χ4v) is 3.97. The van der Waals surface area contributed by atoms with E-state index >= 15 is 0 Å². The highest BCUT2D eigenvalue weighted by Crippen LogP contribution is 2.20. The number of hydrogen-bond donors (Lipinski definition) is 4. The second kappa shape index (κ2) is 13.7. The van der Waals surface area contributed by atoms with Crippen molar-refractivity contribution in [2.24, 2.45) is 0 Å². The number of amides is 2. The van der Waals surface area contributed by atoms with Gasteiger partial charge < -0.3 is 15.1 Å². The van der Waals surface area contributed by atoms with Crippen molar-refractivity contribution in [3.05, 3.63) is 65.0 Å². The van der Waals surface area contributed by atoms with Crippen LogP contribution in [-0.4, -0.2) is 48.1 Å². The summed E-state index contributed by atoms with van der Waals surface area (Å²) in [6.45, 7) is 5.88. The predicted octanol–water partition coefficient (Wildman–Crippen LogP) is 3.56. The number of carbonyl (C=O) groups excluding carboxylic acids is 2. The van der Waals surface area contributed by atoms with Gasteiger partial charge in [-0.2, -0.15) is 5.48 Å². The normalized spacial score (nSPS) is 13.7. The number of anilines is 1. The zero-order valence-corrected chi connectivity index (χ0v) is 20.7. The van der Waals surface area contributed by atoms with E-state index in [0.717, 1.165) is 31.6 Å². The van der Waals surface area contributed by atoms with Crippen LogP contribution in [0.4, 0.5) is 10.1 Å². The maximum absolute atomic E-state index is 13.9. The first kappa shape index (κ1) is 26.5. The highest BCUT2D eigenvalue weighted by molar-refractivity contribution is 7.80. The molecule has 0 atom stereocenters. The highest BCUT2D eigenvalue weighted by Gasteiger charge is 2.15. The van der Waals surface area contributed by atoms with Crippen LogP contribution in [0.15, 0.2) is 42.5 Å². The largest absolute Gasteiger partial charge is 0.377 e. The fraction of sp³-hybridized carbons (Fsp3) is 0.400. The van der Waals surface area contributed by atoms with E-state index in [1.807, 2.05) is 6.92 Å². The number of piperidine rings is 1. The smallest absolute Gasteiger partial charge is 0.296 e. The van der Waals surface area contributed by atoms with Crippen LogP contribution in [0, 0.1) is 5.82 Å². The van der Waals surface area contributed by atoms with Gasteiger partial charge in [-0.25, -0.2) is 4.39 Å². The van der Waals surface area contributed by atoms with Gasteiger partial charge in [0.25, 0.3) is 17.0 Å². The molecule has 1 aliphatic rings. The lowest BCUT2D eigenvalue weighted by molar-refractivity contribution is 0.0931. The first-order chi connectivity index (χ1) is 17.0. The van der Waals surface area contributed by atoms with Crippen LogP contribution in [0.1, 0.15) is 58.9 Å². The van der Waals surface area contributed by atoms with Gasteiger partial charge in [0.15, 0.2) is 0 Å². The van der Waals surface area contributed by atoms with Crippen molar-refractivity contribution >= 4 is 34.9 Å². The molecule has 0 unspecified atom stereocenters. The summed E-state index contributed by atoms with van der Waals surface area (Å²) >= 11 is 5.07. The standard InChI is InChI=1S/C25H32FN5O3S/c1-2-18-17-19(11-12-22(18)28-24(33)20-9-4-5-10-21(20)26)23(32)29-30-25(35)34-27-13-8-16-31-14-6-3-7-15-31/h4-5,9-12,17,27H,2-3,6-8,13-16H2,1H3,(H,28,33)(H,29,32)(H,30,35). The van der Waals surface area contributed by atoms with E-state index in [2.05, 4.69) is 26.5 Å². The minimum atomic E-state index is -0.597. The zero-order valence-electron chi connectivity index (χ0n) is 19.9. The summed E-state index contributed by atoms with van der Waals surface area (Å²) in [5, 5.41) is 2.71. The third-order valence-electron chi connectivity index (χ3n) is 5.76. The molecule has 0 saturated carbocycles. The number of carbonyl (C=O) groups is 2. The predicted molar refractivity (Wildman–Crippen MR) is 137 cm³/mol. The van der Waals surface area contributed by atoms with Gasteiger partial charge in [-0.15, -0.1) is 0 Å². The molecule has 4 N–H and O–H groups in total. The summed E-state index contributed by atoms with van der Waals surface area (Å²) in [7, 11) is 0. The molecular formula is C25H32FN5O3S. The van der Waals surface area contributed by atoms with Crippen LogP contribution in [-0.2, 0) is 11.3 Å². The number of hydrogen-bond acceptors (Lipinski definition) is 6. The number of hydrazine groups is 1.